The predicted molar refractivity (Wildman–Crippen MR) is 209 cm³/mol. The van der Waals surface area contributed by atoms with E-state index in [4.69, 9.17) is 16.9 Å². The van der Waals surface area contributed by atoms with Gasteiger partial charge in [0.2, 0.25) is 0 Å². The van der Waals surface area contributed by atoms with Gasteiger partial charge < -0.3 is 11.5 Å². The fourth-order valence-electron chi connectivity index (χ4n) is 5.86. The van der Waals surface area contributed by atoms with Crippen LogP contribution in [-0.2, 0) is 0 Å². The zero-order valence-corrected chi connectivity index (χ0v) is 28.0. The molecular weight excluding hydrogens is 625 g/mol. The largest absolute Gasteiger partial charge is 0.405 e. The maximum Gasteiger partial charge on any atom is 0.0991 e. The fourth-order valence-corrected chi connectivity index (χ4v) is 5.86. The van der Waals surface area contributed by atoms with Crippen LogP contribution in [0.1, 0.15) is 33.4 Å². The van der Waals surface area contributed by atoms with E-state index in [0.717, 1.165) is 44.5 Å². The van der Waals surface area contributed by atoms with Gasteiger partial charge in [-0.05, 0) is 107 Å². The highest BCUT2D eigenvalue weighted by Gasteiger charge is 2.15. The Bertz CT molecular complexity index is 2390. The van der Waals surface area contributed by atoms with E-state index >= 15 is 0 Å². The Balaban J connectivity index is 1.52. The molecule has 0 aliphatic heterocycles. The van der Waals surface area contributed by atoms with Gasteiger partial charge in [0, 0.05) is 52.0 Å². The van der Waals surface area contributed by atoms with E-state index < -0.39 is 0 Å². The van der Waals surface area contributed by atoms with Crippen LogP contribution in [0, 0.1) is 40.9 Å². The molecule has 4 bridgehead atoms. The van der Waals surface area contributed by atoms with Crippen LogP contribution in [0.2, 0.25) is 0 Å². The average molecular weight is 659 g/mol. The molecule has 1 heterocycles. The summed E-state index contributed by atoms with van der Waals surface area (Å²) in [7, 11) is 0. The molecule has 4 aromatic carbocycles. The number of nitriles is 1. The number of allylic oxidation sites excluding steroid dienone is 8. The smallest absolute Gasteiger partial charge is 0.0991 e. The number of rotatable bonds is 6. The lowest BCUT2D eigenvalue weighted by Gasteiger charge is -2.13. The number of nitrogens with zero attached hydrogens (tertiary/aromatic N) is 2. The van der Waals surface area contributed by atoms with Gasteiger partial charge >= 0.3 is 0 Å². The fraction of sp³-hybridized carbons (Fsp3) is 0.0222. The summed E-state index contributed by atoms with van der Waals surface area (Å²) in [6.07, 6.45) is 13.4. The molecule has 0 fully saturated rings. The number of aromatic nitrogens is 1. The summed E-state index contributed by atoms with van der Waals surface area (Å²) in [5.74, 6) is 6.63. The van der Waals surface area contributed by atoms with Crippen molar-refractivity contribution in [2.45, 2.75) is 6.92 Å². The number of benzene rings is 4. The Morgan fingerprint density at radius 1 is 0.765 bits per heavy atom. The molecule has 244 valence electrons. The molecule has 6 heteroatoms. The summed E-state index contributed by atoms with van der Waals surface area (Å²) in [6.45, 7) is 1.99. The first-order chi connectivity index (χ1) is 24.9. The van der Waals surface area contributed by atoms with Crippen LogP contribution in [0.25, 0.3) is 33.4 Å². The lowest BCUT2D eigenvalue weighted by Crippen LogP contribution is -2.06. The minimum atomic E-state index is 0.202. The molecule has 3 aliphatic rings. The number of hydrogen-bond donors (Lipinski definition) is 4. The first-order valence-corrected chi connectivity index (χ1v) is 16.3. The SMILES string of the molecule is Cc1cc(C#N)ccc1-c1ccc(/C(=C/C2=C/C=C(\C=C/N)C(=N)/C(=C\N)c3ccc(cc3)-c3ccc(cc3)C#C2)C(=N)c2ccncc2)cc1. The number of pyridine rings is 1. The number of hydrogen-bond acceptors (Lipinski definition) is 6. The van der Waals surface area contributed by atoms with Gasteiger partial charge in [0.25, 0.3) is 0 Å². The van der Waals surface area contributed by atoms with Crippen LogP contribution < -0.4 is 11.5 Å². The summed E-state index contributed by atoms with van der Waals surface area (Å²) in [4.78, 5) is 4.15. The summed E-state index contributed by atoms with van der Waals surface area (Å²) >= 11 is 0. The Kier molecular flexibility index (Phi) is 10.1. The third-order valence-electron chi connectivity index (χ3n) is 8.61. The number of nitrogens with one attached hydrogen (secondary N) is 2. The van der Waals surface area contributed by atoms with Crippen LogP contribution in [0.5, 0.6) is 0 Å². The van der Waals surface area contributed by atoms with Crippen LogP contribution >= 0.6 is 0 Å². The molecule has 51 heavy (non-hydrogen) atoms. The van der Waals surface area contributed by atoms with Crippen LogP contribution in [0.15, 0.2) is 163 Å². The zero-order valence-electron chi connectivity index (χ0n) is 28.0. The monoisotopic (exact) mass is 658 g/mol. The molecule has 0 saturated heterocycles. The maximum absolute atomic E-state index is 9.35. The van der Waals surface area contributed by atoms with Crippen LogP contribution in [0.4, 0.5) is 0 Å². The topological polar surface area (TPSA) is 136 Å². The van der Waals surface area contributed by atoms with E-state index in [1.54, 1.807) is 24.5 Å². The highest BCUT2D eigenvalue weighted by molar-refractivity contribution is 6.32. The Labute approximate surface area is 298 Å². The van der Waals surface area contributed by atoms with E-state index in [0.29, 0.717) is 39.1 Å². The van der Waals surface area contributed by atoms with Gasteiger partial charge in [0.1, 0.15) is 0 Å². The predicted octanol–water partition coefficient (Wildman–Crippen LogP) is 8.76. The van der Waals surface area contributed by atoms with E-state index in [-0.39, 0.29) is 5.71 Å². The van der Waals surface area contributed by atoms with Crippen molar-refractivity contribution in [1.82, 2.24) is 4.98 Å². The van der Waals surface area contributed by atoms with Gasteiger partial charge in [-0.1, -0.05) is 84.6 Å². The van der Waals surface area contributed by atoms with Crippen molar-refractivity contribution in [2.75, 3.05) is 0 Å². The molecule has 1 aromatic heterocycles. The second kappa shape index (κ2) is 15.3. The molecule has 0 atom stereocenters. The van der Waals surface area contributed by atoms with Gasteiger partial charge in [0.05, 0.1) is 23.1 Å². The summed E-state index contributed by atoms with van der Waals surface area (Å²) in [6, 6.07) is 35.5. The quantitative estimate of drug-likeness (QED) is 0.107. The standard InChI is InChI=1S/C45H34N6/c1-30-26-33(28-47)7-19-41(30)36-15-17-37(18-16-36)42(44(49)40-21-24-51-25-22-40)27-32-3-2-31-4-8-34(9-5-31)35-11-13-38(14-12-35)43(29-48)45(50)39(10-6-32)20-23-46/h4-27,29,49-50H,46,48H2,1H3/b23-20-,32-6+,39-10+,42-27-,43-29-,49-44?,50-45?. The van der Waals surface area contributed by atoms with Gasteiger partial charge in [-0.25, -0.2) is 0 Å². The van der Waals surface area contributed by atoms with Crippen LogP contribution in [-0.4, -0.2) is 16.4 Å². The van der Waals surface area contributed by atoms with Crippen LogP contribution in [0.3, 0.4) is 0 Å². The molecule has 0 radical (unpaired) electrons. The molecule has 6 nitrogen and oxygen atoms in total. The summed E-state index contributed by atoms with van der Waals surface area (Å²) in [5.41, 5.74) is 23.7. The summed E-state index contributed by atoms with van der Waals surface area (Å²) < 4.78 is 0. The average Bonchev–Trinajstić information content (AvgIpc) is 3.17. The van der Waals surface area contributed by atoms with Crippen molar-refractivity contribution in [3.05, 3.63) is 197 Å². The molecule has 6 N–H and O–H groups in total. The molecule has 0 spiro atoms. The van der Waals surface area contributed by atoms with Crippen molar-refractivity contribution in [1.29, 1.82) is 16.1 Å². The van der Waals surface area contributed by atoms with E-state index in [9.17, 15) is 10.7 Å². The molecular formula is C45H34N6. The van der Waals surface area contributed by atoms with Crippen molar-refractivity contribution >= 4 is 22.6 Å². The molecule has 0 unspecified atom stereocenters. The van der Waals surface area contributed by atoms with Crippen molar-refractivity contribution in [2.24, 2.45) is 11.5 Å². The molecule has 3 aliphatic carbocycles. The van der Waals surface area contributed by atoms with E-state index in [2.05, 4.69) is 22.9 Å². The van der Waals surface area contributed by atoms with Gasteiger partial charge in [0.15, 0.2) is 0 Å². The Hall–Kier alpha value is -7.28. The summed E-state index contributed by atoms with van der Waals surface area (Å²) in [5, 5.41) is 27.8. The highest BCUT2D eigenvalue weighted by atomic mass is 14.6. The van der Waals surface area contributed by atoms with E-state index in [1.807, 2.05) is 122 Å². The molecule has 0 amide bonds. The Morgan fingerprint density at radius 3 is 2.04 bits per heavy atom. The minimum absolute atomic E-state index is 0.202. The first-order valence-electron chi connectivity index (χ1n) is 16.3. The van der Waals surface area contributed by atoms with Gasteiger partial charge in [-0.2, -0.15) is 5.26 Å². The second-order valence-electron chi connectivity index (χ2n) is 11.9. The highest BCUT2D eigenvalue weighted by Crippen LogP contribution is 2.29. The Morgan fingerprint density at radius 2 is 1.41 bits per heavy atom. The molecule has 5 aromatic rings. The number of aryl methyl sites for hydroxylation is 1. The van der Waals surface area contributed by atoms with Gasteiger partial charge in [-0.15, -0.1) is 0 Å². The van der Waals surface area contributed by atoms with Crippen molar-refractivity contribution in [3.8, 4) is 40.2 Å². The third-order valence-corrected chi connectivity index (χ3v) is 8.61. The maximum atomic E-state index is 9.35. The van der Waals surface area contributed by atoms with Gasteiger partial charge in [-0.3, -0.25) is 15.8 Å². The van der Waals surface area contributed by atoms with E-state index in [1.165, 1.54) is 12.4 Å². The number of fused-ring (bicyclic) bond motifs is 2. The third kappa shape index (κ3) is 7.57. The van der Waals surface area contributed by atoms with Crippen molar-refractivity contribution in [3.63, 3.8) is 0 Å². The lowest BCUT2D eigenvalue weighted by atomic mass is 9.91. The normalized spacial score (nSPS) is 15.8. The van der Waals surface area contributed by atoms with Crippen molar-refractivity contribution < 1.29 is 0 Å². The second-order valence-corrected chi connectivity index (χ2v) is 11.9. The molecule has 0 saturated carbocycles. The molecule has 8 rings (SSSR count). The number of nitrogens with two attached hydrogens (primary N) is 2. The zero-order chi connectivity index (χ0) is 35.7. The minimum Gasteiger partial charge on any atom is -0.405 e. The lowest BCUT2D eigenvalue weighted by molar-refractivity contribution is 1.32. The first kappa shape index (κ1) is 33.6.